The van der Waals surface area contributed by atoms with E-state index in [0.717, 1.165) is 5.56 Å². The largest absolute Gasteiger partial charge is 0.326 e. The number of nitrogens with one attached hydrogen (secondary N) is 2. The molecule has 2 amide bonds. The van der Waals surface area contributed by atoms with E-state index in [0.29, 0.717) is 22.0 Å². The third kappa shape index (κ3) is 4.93. The Morgan fingerprint density at radius 3 is 2.17 bits per heavy atom. The number of benzene rings is 2. The minimum Gasteiger partial charge on any atom is -0.326 e. The highest BCUT2D eigenvalue weighted by atomic mass is 35.5. The minimum atomic E-state index is -0.466. The number of Topliss-reactive ketones (excluding diaryl/α,β-unsaturated/α-hetero) is 1. The molecule has 0 bridgehead atoms. The van der Waals surface area contributed by atoms with Crippen LogP contribution < -0.4 is 10.6 Å². The number of halogens is 1. The standard InChI is InChI=1S/C18H17ClN2O3/c1-11-6-7-15(9-16(11)19)21-18(24)10-17(23)20-14-5-3-4-13(8-14)12(2)22/h3-9H,10H2,1-2H3,(H,20,23)(H,21,24). The van der Waals surface area contributed by atoms with Crippen LogP contribution in [0.1, 0.15) is 29.3 Å². The quantitative estimate of drug-likeness (QED) is 0.639. The van der Waals surface area contributed by atoms with E-state index in [1.54, 1.807) is 42.5 Å². The lowest BCUT2D eigenvalue weighted by atomic mass is 10.1. The molecule has 0 atom stereocenters. The molecule has 0 aromatic heterocycles. The predicted octanol–water partition coefficient (Wildman–Crippen LogP) is 3.82. The average Bonchev–Trinajstić information content (AvgIpc) is 2.51. The number of aryl methyl sites for hydroxylation is 1. The molecule has 24 heavy (non-hydrogen) atoms. The third-order valence-corrected chi connectivity index (χ3v) is 3.74. The van der Waals surface area contributed by atoms with Crippen molar-refractivity contribution in [1.29, 1.82) is 0 Å². The van der Waals surface area contributed by atoms with E-state index in [-0.39, 0.29) is 12.2 Å². The molecule has 5 nitrogen and oxygen atoms in total. The Balaban J connectivity index is 1.94. The van der Waals surface area contributed by atoms with Crippen molar-refractivity contribution in [2.45, 2.75) is 20.3 Å². The number of ketones is 1. The molecule has 2 aromatic rings. The SMILES string of the molecule is CC(=O)c1cccc(NC(=O)CC(=O)Nc2ccc(C)c(Cl)c2)c1. The Labute approximate surface area is 145 Å². The maximum atomic E-state index is 11.9. The van der Waals surface area contributed by atoms with Gasteiger partial charge in [-0.1, -0.05) is 29.8 Å². The Morgan fingerprint density at radius 2 is 1.58 bits per heavy atom. The van der Waals surface area contributed by atoms with Gasteiger partial charge < -0.3 is 10.6 Å². The van der Waals surface area contributed by atoms with Crippen LogP contribution in [0.2, 0.25) is 5.02 Å². The van der Waals surface area contributed by atoms with Gasteiger partial charge in [-0.15, -0.1) is 0 Å². The van der Waals surface area contributed by atoms with E-state index in [1.807, 2.05) is 6.92 Å². The van der Waals surface area contributed by atoms with Gasteiger partial charge in [0.2, 0.25) is 11.8 Å². The van der Waals surface area contributed by atoms with Crippen molar-refractivity contribution in [3.63, 3.8) is 0 Å². The maximum absolute atomic E-state index is 11.9. The molecule has 2 N–H and O–H groups in total. The van der Waals surface area contributed by atoms with Crippen molar-refractivity contribution in [1.82, 2.24) is 0 Å². The lowest BCUT2D eigenvalue weighted by Crippen LogP contribution is -2.21. The normalized spacial score (nSPS) is 10.1. The predicted molar refractivity (Wildman–Crippen MR) is 94.5 cm³/mol. The molecule has 0 spiro atoms. The van der Waals surface area contributed by atoms with Crippen molar-refractivity contribution < 1.29 is 14.4 Å². The first-order chi connectivity index (χ1) is 11.3. The summed E-state index contributed by atoms with van der Waals surface area (Å²) in [4.78, 5) is 35.2. The Bertz CT molecular complexity index is 803. The van der Waals surface area contributed by atoms with Crippen molar-refractivity contribution in [2.24, 2.45) is 0 Å². The number of rotatable bonds is 5. The molecular formula is C18H17ClN2O3. The molecule has 6 heteroatoms. The fourth-order valence-corrected chi connectivity index (χ4v) is 2.22. The second kappa shape index (κ2) is 7.75. The van der Waals surface area contributed by atoms with Crippen molar-refractivity contribution in [3.8, 4) is 0 Å². The average molecular weight is 345 g/mol. The van der Waals surface area contributed by atoms with Crippen LogP contribution in [0, 0.1) is 6.92 Å². The number of amides is 2. The fourth-order valence-electron chi connectivity index (χ4n) is 2.04. The first-order valence-corrected chi connectivity index (χ1v) is 7.70. The van der Waals surface area contributed by atoms with Gasteiger partial charge in [-0.2, -0.15) is 0 Å². The molecule has 0 aliphatic heterocycles. The molecule has 0 fully saturated rings. The molecule has 0 saturated heterocycles. The number of carbonyl (C=O) groups is 3. The van der Waals surface area contributed by atoms with E-state index in [1.165, 1.54) is 6.92 Å². The zero-order valence-electron chi connectivity index (χ0n) is 13.4. The smallest absolute Gasteiger partial charge is 0.233 e. The van der Waals surface area contributed by atoms with Gasteiger partial charge in [0, 0.05) is 22.0 Å². The van der Waals surface area contributed by atoms with Crippen molar-refractivity contribution >= 4 is 40.6 Å². The molecule has 2 rings (SSSR count). The molecule has 2 aromatic carbocycles. The first-order valence-electron chi connectivity index (χ1n) is 7.32. The summed E-state index contributed by atoms with van der Waals surface area (Å²) in [6.07, 6.45) is -0.338. The van der Waals surface area contributed by atoms with Crippen LogP contribution >= 0.6 is 11.6 Å². The van der Waals surface area contributed by atoms with Crippen LogP contribution in [0.5, 0.6) is 0 Å². The third-order valence-electron chi connectivity index (χ3n) is 3.33. The summed E-state index contributed by atoms with van der Waals surface area (Å²) in [6.45, 7) is 3.30. The lowest BCUT2D eigenvalue weighted by Gasteiger charge is -2.08. The number of anilines is 2. The molecule has 0 unspecified atom stereocenters. The van der Waals surface area contributed by atoms with Gasteiger partial charge in [0.05, 0.1) is 0 Å². The molecule has 0 heterocycles. The summed E-state index contributed by atoms with van der Waals surface area (Å²) >= 11 is 5.99. The molecule has 0 radical (unpaired) electrons. The van der Waals surface area contributed by atoms with Gasteiger partial charge in [-0.3, -0.25) is 14.4 Å². The summed E-state index contributed by atoms with van der Waals surface area (Å²) < 4.78 is 0. The van der Waals surface area contributed by atoms with Crippen LogP contribution in [0.4, 0.5) is 11.4 Å². The number of hydrogen-bond acceptors (Lipinski definition) is 3. The van der Waals surface area contributed by atoms with Gasteiger partial charge in [-0.25, -0.2) is 0 Å². The number of carbonyl (C=O) groups excluding carboxylic acids is 3. The second-order valence-corrected chi connectivity index (χ2v) is 5.78. The fraction of sp³-hybridized carbons (Fsp3) is 0.167. The van der Waals surface area contributed by atoms with Gasteiger partial charge in [-0.05, 0) is 43.7 Å². The summed E-state index contributed by atoms with van der Waals surface area (Å²) in [7, 11) is 0. The summed E-state index contributed by atoms with van der Waals surface area (Å²) in [6, 6.07) is 11.7. The van der Waals surface area contributed by atoms with Crippen molar-refractivity contribution in [3.05, 3.63) is 58.6 Å². The van der Waals surface area contributed by atoms with E-state index in [2.05, 4.69) is 10.6 Å². The Kier molecular flexibility index (Phi) is 5.71. The monoisotopic (exact) mass is 344 g/mol. The van der Waals surface area contributed by atoms with E-state index in [4.69, 9.17) is 11.6 Å². The van der Waals surface area contributed by atoms with Crippen LogP contribution in [-0.2, 0) is 9.59 Å². The highest BCUT2D eigenvalue weighted by Crippen LogP contribution is 2.20. The van der Waals surface area contributed by atoms with Gasteiger partial charge in [0.15, 0.2) is 5.78 Å². The molecule has 0 aliphatic rings. The first kappa shape index (κ1) is 17.7. The molecule has 0 aliphatic carbocycles. The maximum Gasteiger partial charge on any atom is 0.233 e. The van der Waals surface area contributed by atoms with E-state index in [9.17, 15) is 14.4 Å². The summed E-state index contributed by atoms with van der Waals surface area (Å²) in [5.74, 6) is -1.01. The highest BCUT2D eigenvalue weighted by molar-refractivity contribution is 6.31. The second-order valence-electron chi connectivity index (χ2n) is 5.37. The van der Waals surface area contributed by atoms with Gasteiger partial charge in [0.1, 0.15) is 6.42 Å². The van der Waals surface area contributed by atoms with Crippen LogP contribution in [0.15, 0.2) is 42.5 Å². The molecule has 124 valence electrons. The van der Waals surface area contributed by atoms with E-state index < -0.39 is 11.8 Å². The highest BCUT2D eigenvalue weighted by Gasteiger charge is 2.11. The zero-order chi connectivity index (χ0) is 17.7. The van der Waals surface area contributed by atoms with Crippen LogP contribution in [0.25, 0.3) is 0 Å². The summed E-state index contributed by atoms with van der Waals surface area (Å²) in [5.41, 5.74) is 2.39. The number of hydrogen-bond donors (Lipinski definition) is 2. The van der Waals surface area contributed by atoms with Crippen LogP contribution in [0.3, 0.4) is 0 Å². The summed E-state index contributed by atoms with van der Waals surface area (Å²) in [5, 5.41) is 5.75. The Morgan fingerprint density at radius 1 is 0.958 bits per heavy atom. The van der Waals surface area contributed by atoms with Gasteiger partial charge >= 0.3 is 0 Å². The Hall–Kier alpha value is -2.66. The lowest BCUT2D eigenvalue weighted by molar-refractivity contribution is -0.123. The molecular weight excluding hydrogens is 328 g/mol. The molecule has 0 saturated carbocycles. The van der Waals surface area contributed by atoms with Crippen molar-refractivity contribution in [2.75, 3.05) is 10.6 Å². The zero-order valence-corrected chi connectivity index (χ0v) is 14.1. The topological polar surface area (TPSA) is 75.3 Å². The van der Waals surface area contributed by atoms with E-state index >= 15 is 0 Å². The minimum absolute atomic E-state index is 0.0971. The van der Waals surface area contributed by atoms with Gasteiger partial charge in [0.25, 0.3) is 0 Å². The van der Waals surface area contributed by atoms with Crippen LogP contribution in [-0.4, -0.2) is 17.6 Å².